The molecule has 140 valence electrons. The molecule has 0 aliphatic carbocycles. The summed E-state index contributed by atoms with van der Waals surface area (Å²) in [6.45, 7) is 4.80. The van der Waals surface area contributed by atoms with Crippen molar-refractivity contribution in [2.75, 3.05) is 13.7 Å². The third kappa shape index (κ3) is 4.16. The van der Waals surface area contributed by atoms with Crippen LogP contribution in [0, 0.1) is 0 Å². The van der Waals surface area contributed by atoms with Crippen LogP contribution >= 0.6 is 15.9 Å². The molecule has 0 bridgehead atoms. The summed E-state index contributed by atoms with van der Waals surface area (Å²) < 4.78 is 16.0. The second-order valence-corrected chi connectivity index (χ2v) is 6.27. The van der Waals surface area contributed by atoms with Gasteiger partial charge in [0.05, 0.1) is 29.8 Å². The van der Waals surface area contributed by atoms with Gasteiger partial charge in [-0.1, -0.05) is 0 Å². The van der Waals surface area contributed by atoms with Crippen molar-refractivity contribution in [2.45, 2.75) is 26.8 Å². The van der Waals surface area contributed by atoms with E-state index in [1.54, 1.807) is 26.0 Å². The minimum atomic E-state index is -0.751. The monoisotopic (exact) mass is 426 g/mol. The Morgan fingerprint density at radius 3 is 2.58 bits per heavy atom. The standard InChI is InChI=1S/C17H19BrN2O6/c1-5-25-16(22)13-8(2)19-17(23)20-14(13)10-6-11(18)15(26-9(3)21)12(7-10)24-4/h6-7,14H,5H2,1-4H3,(H2,19,20,23). The normalized spacial score (nSPS) is 16.5. The summed E-state index contributed by atoms with van der Waals surface area (Å²) in [7, 11) is 1.42. The summed E-state index contributed by atoms with van der Waals surface area (Å²) in [5.41, 5.74) is 1.24. The second kappa shape index (κ2) is 8.22. The van der Waals surface area contributed by atoms with Crippen molar-refractivity contribution < 1.29 is 28.6 Å². The van der Waals surface area contributed by atoms with Crippen LogP contribution in [0.5, 0.6) is 11.5 Å². The molecule has 0 fully saturated rings. The quantitative estimate of drug-likeness (QED) is 0.553. The average Bonchev–Trinajstić information content (AvgIpc) is 2.55. The lowest BCUT2D eigenvalue weighted by atomic mass is 9.95. The van der Waals surface area contributed by atoms with Gasteiger partial charge in [-0.25, -0.2) is 9.59 Å². The first-order valence-electron chi connectivity index (χ1n) is 7.79. The van der Waals surface area contributed by atoms with Crippen molar-refractivity contribution in [1.82, 2.24) is 10.6 Å². The van der Waals surface area contributed by atoms with Crippen LogP contribution in [0.3, 0.4) is 0 Å². The second-order valence-electron chi connectivity index (χ2n) is 5.42. The third-order valence-corrected chi connectivity index (χ3v) is 4.18. The van der Waals surface area contributed by atoms with Crippen LogP contribution in [0.4, 0.5) is 4.79 Å². The average molecular weight is 427 g/mol. The number of urea groups is 1. The Labute approximate surface area is 159 Å². The van der Waals surface area contributed by atoms with Crippen molar-refractivity contribution in [3.8, 4) is 11.5 Å². The Balaban J connectivity index is 2.55. The lowest BCUT2D eigenvalue weighted by Crippen LogP contribution is -2.45. The summed E-state index contributed by atoms with van der Waals surface area (Å²) in [5.74, 6) is -0.558. The maximum absolute atomic E-state index is 12.4. The minimum Gasteiger partial charge on any atom is -0.493 e. The number of benzene rings is 1. The fourth-order valence-electron chi connectivity index (χ4n) is 2.57. The number of allylic oxidation sites excluding steroid dienone is 1. The van der Waals surface area contributed by atoms with E-state index in [1.807, 2.05) is 0 Å². The van der Waals surface area contributed by atoms with E-state index in [9.17, 15) is 14.4 Å². The summed E-state index contributed by atoms with van der Waals surface area (Å²) in [4.78, 5) is 35.6. The zero-order valence-corrected chi connectivity index (χ0v) is 16.4. The van der Waals surface area contributed by atoms with Crippen molar-refractivity contribution in [3.05, 3.63) is 33.4 Å². The molecular weight excluding hydrogens is 408 g/mol. The molecular formula is C17H19BrN2O6. The molecule has 0 spiro atoms. The highest BCUT2D eigenvalue weighted by Crippen LogP contribution is 2.40. The number of esters is 2. The molecule has 2 rings (SSSR count). The number of hydrogen-bond donors (Lipinski definition) is 2. The molecule has 2 N–H and O–H groups in total. The lowest BCUT2D eigenvalue weighted by molar-refractivity contribution is -0.139. The van der Waals surface area contributed by atoms with E-state index in [0.717, 1.165) is 0 Å². The SMILES string of the molecule is CCOC(=O)C1=C(C)NC(=O)NC1c1cc(Br)c(OC(C)=O)c(OC)c1. The van der Waals surface area contributed by atoms with E-state index >= 15 is 0 Å². The molecule has 1 aromatic rings. The highest BCUT2D eigenvalue weighted by atomic mass is 79.9. The molecule has 0 aromatic heterocycles. The topological polar surface area (TPSA) is 103 Å². The smallest absolute Gasteiger partial charge is 0.338 e. The number of methoxy groups -OCH3 is 1. The van der Waals surface area contributed by atoms with E-state index in [0.29, 0.717) is 15.7 Å². The van der Waals surface area contributed by atoms with Crippen LogP contribution in [0.25, 0.3) is 0 Å². The molecule has 9 heteroatoms. The van der Waals surface area contributed by atoms with Crippen molar-refractivity contribution in [2.24, 2.45) is 0 Å². The van der Waals surface area contributed by atoms with Gasteiger partial charge in [-0.05, 0) is 47.5 Å². The van der Waals surface area contributed by atoms with E-state index in [1.165, 1.54) is 14.0 Å². The minimum absolute atomic E-state index is 0.203. The summed E-state index contributed by atoms with van der Waals surface area (Å²) >= 11 is 3.33. The maximum Gasteiger partial charge on any atom is 0.338 e. The van der Waals surface area contributed by atoms with Crippen molar-refractivity contribution in [3.63, 3.8) is 0 Å². The van der Waals surface area contributed by atoms with Gasteiger partial charge >= 0.3 is 18.0 Å². The van der Waals surface area contributed by atoms with Crippen LogP contribution in [0.2, 0.25) is 0 Å². The number of carbonyl (C=O) groups excluding carboxylic acids is 3. The summed E-state index contributed by atoms with van der Waals surface area (Å²) in [5, 5.41) is 5.26. The first-order chi connectivity index (χ1) is 12.3. The number of nitrogens with one attached hydrogen (secondary N) is 2. The Morgan fingerprint density at radius 2 is 2.00 bits per heavy atom. The van der Waals surface area contributed by atoms with E-state index in [2.05, 4.69) is 26.6 Å². The molecule has 1 aromatic carbocycles. The molecule has 1 heterocycles. The molecule has 0 saturated heterocycles. The number of halogens is 1. The number of carbonyl (C=O) groups is 3. The lowest BCUT2D eigenvalue weighted by Gasteiger charge is -2.28. The number of amides is 2. The molecule has 26 heavy (non-hydrogen) atoms. The van der Waals surface area contributed by atoms with E-state index in [4.69, 9.17) is 14.2 Å². The molecule has 1 aliphatic rings. The molecule has 2 amide bonds. The molecule has 0 saturated carbocycles. The largest absolute Gasteiger partial charge is 0.493 e. The predicted molar refractivity (Wildman–Crippen MR) is 95.7 cm³/mol. The first-order valence-corrected chi connectivity index (χ1v) is 8.59. The Kier molecular flexibility index (Phi) is 6.25. The van der Waals surface area contributed by atoms with Crippen molar-refractivity contribution >= 4 is 33.9 Å². The summed E-state index contributed by atoms with van der Waals surface area (Å²) in [6, 6.07) is 2.04. The molecule has 8 nitrogen and oxygen atoms in total. The fourth-order valence-corrected chi connectivity index (χ4v) is 3.11. The van der Waals surface area contributed by atoms with Crippen LogP contribution in [-0.2, 0) is 14.3 Å². The zero-order chi connectivity index (χ0) is 19.4. The fraction of sp³-hybridized carbons (Fsp3) is 0.353. The van der Waals surface area contributed by atoms with Gasteiger partial charge < -0.3 is 24.8 Å². The maximum atomic E-state index is 12.4. The van der Waals surface area contributed by atoms with Crippen LogP contribution in [0.15, 0.2) is 27.9 Å². The third-order valence-electron chi connectivity index (χ3n) is 3.60. The Hall–Kier alpha value is -2.55. The van der Waals surface area contributed by atoms with Gasteiger partial charge in [0, 0.05) is 12.6 Å². The first kappa shape index (κ1) is 19.8. The van der Waals surface area contributed by atoms with Gasteiger partial charge in [0.2, 0.25) is 0 Å². The van der Waals surface area contributed by atoms with Crippen LogP contribution in [-0.4, -0.2) is 31.7 Å². The van der Waals surface area contributed by atoms with E-state index < -0.39 is 24.0 Å². The van der Waals surface area contributed by atoms with Gasteiger partial charge in [0.15, 0.2) is 11.5 Å². The Morgan fingerprint density at radius 1 is 1.31 bits per heavy atom. The van der Waals surface area contributed by atoms with Crippen LogP contribution < -0.4 is 20.1 Å². The van der Waals surface area contributed by atoms with Gasteiger partial charge in [-0.3, -0.25) is 4.79 Å². The number of rotatable bonds is 5. The van der Waals surface area contributed by atoms with Gasteiger partial charge in [0.1, 0.15) is 0 Å². The number of ether oxygens (including phenoxy) is 3. The molecule has 1 unspecified atom stereocenters. The highest BCUT2D eigenvalue weighted by molar-refractivity contribution is 9.10. The predicted octanol–water partition coefficient (Wildman–Crippen LogP) is 2.57. The number of hydrogen-bond acceptors (Lipinski definition) is 6. The van der Waals surface area contributed by atoms with Gasteiger partial charge in [-0.15, -0.1) is 0 Å². The summed E-state index contributed by atoms with van der Waals surface area (Å²) in [6.07, 6.45) is 0. The zero-order valence-electron chi connectivity index (χ0n) is 14.8. The highest BCUT2D eigenvalue weighted by Gasteiger charge is 2.33. The van der Waals surface area contributed by atoms with Crippen molar-refractivity contribution in [1.29, 1.82) is 0 Å². The Bertz CT molecular complexity index is 790. The molecule has 1 atom stereocenters. The molecule has 0 radical (unpaired) electrons. The van der Waals surface area contributed by atoms with Gasteiger partial charge in [-0.2, -0.15) is 0 Å². The van der Waals surface area contributed by atoms with Crippen LogP contribution in [0.1, 0.15) is 32.4 Å². The van der Waals surface area contributed by atoms with E-state index in [-0.39, 0.29) is 23.7 Å². The van der Waals surface area contributed by atoms with Gasteiger partial charge in [0.25, 0.3) is 0 Å². The molecule has 1 aliphatic heterocycles.